The minimum atomic E-state index is -5.43. The van der Waals surface area contributed by atoms with Gasteiger partial charge in [-0.05, 0) is 24.8 Å². The van der Waals surface area contributed by atoms with E-state index >= 15 is 0 Å². The van der Waals surface area contributed by atoms with Crippen LogP contribution in [0.5, 0.6) is 0 Å². The molecule has 11 heteroatoms. The summed E-state index contributed by atoms with van der Waals surface area (Å²) in [7, 11) is -2.77. The van der Waals surface area contributed by atoms with Crippen molar-refractivity contribution in [2.24, 2.45) is 5.16 Å². The molecule has 0 aliphatic carbocycles. The average Bonchev–Trinajstić information content (AvgIpc) is 2.06. The molecule has 0 N–H and O–H groups in total. The summed E-state index contributed by atoms with van der Waals surface area (Å²) in [5, 5.41) is 2.08. The van der Waals surface area contributed by atoms with Crippen LogP contribution in [-0.2, 0) is 14.1 Å². The van der Waals surface area contributed by atoms with E-state index in [-0.39, 0.29) is 0 Å². The molecular weight excluding hydrogens is 288 g/mol. The van der Waals surface area contributed by atoms with E-state index in [4.69, 9.17) is 0 Å². The van der Waals surface area contributed by atoms with E-state index in [2.05, 4.69) is 14.4 Å². The number of alkyl halides is 6. The molecule has 0 aromatic heterocycles. The molecule has 0 aromatic carbocycles. The first-order chi connectivity index (χ1) is 7.73. The van der Waals surface area contributed by atoms with Gasteiger partial charge in [-0.1, -0.05) is 0 Å². The van der Waals surface area contributed by atoms with Gasteiger partial charge in [0.15, 0.2) is 0 Å². The highest BCUT2D eigenvalue weighted by atomic mass is 28.4. The minimum Gasteiger partial charge on any atom is -0.526 e. The lowest BCUT2D eigenvalue weighted by atomic mass is 10.6. The van der Waals surface area contributed by atoms with Gasteiger partial charge in [0.2, 0.25) is 8.32 Å². The zero-order valence-corrected chi connectivity index (χ0v) is 10.4. The van der Waals surface area contributed by atoms with Gasteiger partial charge in [0, 0.05) is 0 Å². The first-order valence-corrected chi connectivity index (χ1v) is 7.76. The standard InChI is InChI=1S/C7H9F6NO3Si/c1-18(2,3)17-4(6(8,9)10)14-16-5(15)7(11,12)13/h1-3H3. The van der Waals surface area contributed by atoms with Gasteiger partial charge in [-0.15, -0.1) is 0 Å². The molecule has 0 saturated carbocycles. The molecule has 0 unspecified atom stereocenters. The molecule has 0 aliphatic rings. The zero-order valence-electron chi connectivity index (χ0n) is 9.44. The van der Waals surface area contributed by atoms with Gasteiger partial charge in [0.05, 0.1) is 0 Å². The van der Waals surface area contributed by atoms with Crippen LogP contribution >= 0.6 is 0 Å². The molecule has 0 saturated heterocycles. The predicted molar refractivity (Wildman–Crippen MR) is 50.1 cm³/mol. The molecule has 0 aromatic rings. The lowest BCUT2D eigenvalue weighted by molar-refractivity contribution is -0.200. The van der Waals surface area contributed by atoms with Crippen LogP contribution in [0.4, 0.5) is 26.3 Å². The Morgan fingerprint density at radius 3 is 1.72 bits per heavy atom. The fraction of sp³-hybridized carbons (Fsp3) is 0.714. The van der Waals surface area contributed by atoms with Crippen molar-refractivity contribution >= 4 is 20.2 Å². The Morgan fingerprint density at radius 2 is 1.44 bits per heavy atom. The maximum absolute atomic E-state index is 12.3. The largest absolute Gasteiger partial charge is 0.526 e. The zero-order chi connectivity index (χ0) is 14.8. The van der Waals surface area contributed by atoms with Crippen LogP contribution in [0.25, 0.3) is 0 Å². The monoisotopic (exact) mass is 297 g/mol. The maximum atomic E-state index is 12.3. The summed E-state index contributed by atoms with van der Waals surface area (Å²) < 4.78 is 76.3. The van der Waals surface area contributed by atoms with Crippen LogP contribution in [0, 0.1) is 0 Å². The van der Waals surface area contributed by atoms with Crippen molar-refractivity contribution in [1.29, 1.82) is 0 Å². The number of rotatable bonds is 2. The summed E-state index contributed by atoms with van der Waals surface area (Å²) in [6, 6.07) is 0. The molecular formula is C7H9F6NO3Si. The summed E-state index contributed by atoms with van der Waals surface area (Å²) in [6.07, 6.45) is -10.6. The quantitative estimate of drug-likeness (QED) is 0.197. The van der Waals surface area contributed by atoms with Gasteiger partial charge in [-0.3, -0.25) is 0 Å². The van der Waals surface area contributed by atoms with Crippen LogP contribution in [-0.4, -0.2) is 32.5 Å². The third-order valence-electron chi connectivity index (χ3n) is 1.09. The topological polar surface area (TPSA) is 47.9 Å². The van der Waals surface area contributed by atoms with Crippen molar-refractivity contribution in [1.82, 2.24) is 0 Å². The summed E-state index contributed by atoms with van der Waals surface area (Å²) in [6.45, 7) is 4.04. The van der Waals surface area contributed by atoms with E-state index in [1.165, 1.54) is 19.6 Å². The van der Waals surface area contributed by atoms with Crippen LogP contribution in [0.2, 0.25) is 19.6 Å². The highest BCUT2D eigenvalue weighted by Crippen LogP contribution is 2.22. The molecule has 0 spiro atoms. The molecule has 0 radical (unpaired) electrons. The SMILES string of the molecule is C[Si](C)(C)OC(=NOC(=O)C(F)(F)F)C(F)(F)F. The molecule has 0 amide bonds. The second kappa shape index (κ2) is 5.16. The van der Waals surface area contributed by atoms with E-state index in [0.717, 1.165) is 0 Å². The normalized spacial score (nSPS) is 14.4. The molecule has 106 valence electrons. The number of carbonyl (C=O) groups excluding carboxylic acids is 1. The Morgan fingerprint density at radius 1 is 1.00 bits per heavy atom. The third kappa shape index (κ3) is 6.47. The van der Waals surface area contributed by atoms with Gasteiger partial charge in [0.1, 0.15) is 0 Å². The molecule has 0 fully saturated rings. The first-order valence-electron chi connectivity index (χ1n) is 4.36. The summed E-state index contributed by atoms with van der Waals surface area (Å²) in [5.41, 5.74) is 0. The first kappa shape index (κ1) is 16.7. The molecule has 0 heterocycles. The van der Waals surface area contributed by atoms with Crippen molar-refractivity contribution in [3.63, 3.8) is 0 Å². The Balaban J connectivity index is 4.96. The summed E-state index contributed by atoms with van der Waals surface area (Å²) >= 11 is 0. The fourth-order valence-corrected chi connectivity index (χ4v) is 1.29. The second-order valence-electron chi connectivity index (χ2n) is 3.99. The van der Waals surface area contributed by atoms with Crippen LogP contribution in [0.3, 0.4) is 0 Å². The Bertz CT molecular complexity index is 343. The predicted octanol–water partition coefficient (Wildman–Crippen LogP) is 2.82. The van der Waals surface area contributed by atoms with Crippen molar-refractivity contribution in [3.05, 3.63) is 0 Å². The van der Waals surface area contributed by atoms with Crippen molar-refractivity contribution in [2.45, 2.75) is 32.0 Å². The molecule has 0 aliphatic heterocycles. The van der Waals surface area contributed by atoms with E-state index in [1.54, 1.807) is 0 Å². The fourth-order valence-electron chi connectivity index (χ4n) is 0.553. The van der Waals surface area contributed by atoms with Crippen LogP contribution in [0.15, 0.2) is 5.16 Å². The Labute approximate surface area is 98.7 Å². The number of oxime groups is 1. The van der Waals surface area contributed by atoms with E-state index in [0.29, 0.717) is 0 Å². The van der Waals surface area contributed by atoms with Crippen LogP contribution < -0.4 is 0 Å². The highest BCUT2D eigenvalue weighted by molar-refractivity contribution is 6.71. The van der Waals surface area contributed by atoms with Crippen molar-refractivity contribution in [3.8, 4) is 0 Å². The number of hydrogen-bond donors (Lipinski definition) is 0. The number of nitrogens with zero attached hydrogens (tertiary/aromatic N) is 1. The van der Waals surface area contributed by atoms with Crippen molar-refractivity contribution in [2.75, 3.05) is 0 Å². The number of halogens is 6. The Hall–Kier alpha value is -1.26. The third-order valence-corrected chi connectivity index (χ3v) is 1.89. The molecule has 0 bridgehead atoms. The number of hydrogen-bond acceptors (Lipinski definition) is 4. The van der Waals surface area contributed by atoms with Gasteiger partial charge < -0.3 is 9.26 Å². The smallest absolute Gasteiger partial charge is 0.493 e. The summed E-state index contributed by atoms with van der Waals surface area (Å²) in [4.78, 5) is 13.3. The van der Waals surface area contributed by atoms with E-state index in [9.17, 15) is 31.1 Å². The number of carbonyl (C=O) groups is 1. The second-order valence-corrected chi connectivity index (χ2v) is 8.41. The summed E-state index contributed by atoms with van der Waals surface area (Å²) in [5.74, 6) is -4.87. The van der Waals surface area contributed by atoms with Gasteiger partial charge in [-0.2, -0.15) is 26.3 Å². The van der Waals surface area contributed by atoms with E-state index in [1.807, 2.05) is 0 Å². The molecule has 0 rings (SSSR count). The van der Waals surface area contributed by atoms with Gasteiger partial charge in [0.25, 0.3) is 0 Å². The lowest BCUT2D eigenvalue weighted by Gasteiger charge is -2.21. The molecule has 4 nitrogen and oxygen atoms in total. The van der Waals surface area contributed by atoms with E-state index < -0.39 is 32.5 Å². The maximum Gasteiger partial charge on any atom is 0.493 e. The molecule has 0 atom stereocenters. The molecule has 18 heavy (non-hydrogen) atoms. The van der Waals surface area contributed by atoms with Crippen LogP contribution in [0.1, 0.15) is 0 Å². The minimum absolute atomic E-state index is 1.35. The van der Waals surface area contributed by atoms with Gasteiger partial charge >= 0.3 is 24.2 Å². The average molecular weight is 297 g/mol. The van der Waals surface area contributed by atoms with Gasteiger partial charge in [-0.25, -0.2) is 4.79 Å². The Kier molecular flexibility index (Phi) is 4.80. The lowest BCUT2D eigenvalue weighted by Crippen LogP contribution is -2.37. The van der Waals surface area contributed by atoms with Crippen molar-refractivity contribution < 1.29 is 40.4 Å². The highest BCUT2D eigenvalue weighted by Gasteiger charge is 2.45.